The molecule has 0 aliphatic carbocycles. The molecule has 2 N–H and O–H groups in total. The lowest BCUT2D eigenvalue weighted by atomic mass is 9.87. The number of ether oxygens (including phenoxy) is 1. The smallest absolute Gasteiger partial charge is 0.120 e. The van der Waals surface area contributed by atoms with Crippen molar-refractivity contribution in [1.82, 2.24) is 0 Å². The lowest BCUT2D eigenvalue weighted by Gasteiger charge is -2.26. The van der Waals surface area contributed by atoms with Gasteiger partial charge in [0.15, 0.2) is 0 Å². The lowest BCUT2D eigenvalue weighted by molar-refractivity contribution is 0.305. The minimum atomic E-state index is -0.100. The van der Waals surface area contributed by atoms with Crippen molar-refractivity contribution in [2.75, 3.05) is 0 Å². The largest absolute Gasteiger partial charge is 0.489 e. The van der Waals surface area contributed by atoms with Crippen molar-refractivity contribution in [2.24, 2.45) is 5.73 Å². The number of rotatable bonds is 10. The van der Waals surface area contributed by atoms with Gasteiger partial charge < -0.3 is 10.5 Å². The maximum absolute atomic E-state index is 6.58. The monoisotopic (exact) mass is 439 g/mol. The molecule has 30 heavy (non-hydrogen) atoms. The van der Waals surface area contributed by atoms with Crippen LogP contribution in [0.25, 0.3) is 0 Å². The molecule has 3 aromatic carbocycles. The maximum Gasteiger partial charge on any atom is 0.120 e. The molecule has 0 atom stereocenters. The van der Waals surface area contributed by atoms with Gasteiger partial charge in [0.05, 0.1) is 0 Å². The molecular weight excluding hydrogens is 410 g/mol. The van der Waals surface area contributed by atoms with E-state index >= 15 is 0 Å². The molecule has 0 saturated heterocycles. The van der Waals surface area contributed by atoms with Crippen LogP contribution < -0.4 is 10.5 Å². The Bertz CT molecular complexity index is 941. The lowest BCUT2D eigenvalue weighted by Crippen LogP contribution is -2.38. The predicted octanol–water partition coefficient (Wildman–Crippen LogP) is 7.52. The fourth-order valence-electron chi connectivity index (χ4n) is 3.29. The minimum absolute atomic E-state index is 0.100. The molecule has 0 aromatic heterocycles. The predicted molar refractivity (Wildman–Crippen MR) is 129 cm³/mol. The van der Waals surface area contributed by atoms with Crippen molar-refractivity contribution in [2.45, 2.75) is 61.5 Å². The number of hydrogen-bond donors (Lipinski definition) is 1. The van der Waals surface area contributed by atoms with Crippen molar-refractivity contribution < 1.29 is 4.74 Å². The number of aryl methyl sites for hydroxylation is 1. The van der Waals surface area contributed by atoms with Gasteiger partial charge in [-0.1, -0.05) is 79.7 Å². The van der Waals surface area contributed by atoms with E-state index in [0.29, 0.717) is 6.61 Å². The van der Waals surface area contributed by atoms with E-state index in [9.17, 15) is 0 Å². The van der Waals surface area contributed by atoms with Crippen molar-refractivity contribution in [3.8, 4) is 5.75 Å². The molecule has 0 fully saturated rings. The summed E-state index contributed by atoms with van der Waals surface area (Å²) in [4.78, 5) is 2.25. The van der Waals surface area contributed by atoms with Gasteiger partial charge in [-0.15, -0.1) is 0 Å². The summed E-state index contributed by atoms with van der Waals surface area (Å²) in [6.45, 7) is 4.87. The molecule has 0 bridgehead atoms. The molecule has 3 rings (SSSR count). The third-order valence-electron chi connectivity index (χ3n) is 5.61. The van der Waals surface area contributed by atoms with Gasteiger partial charge in [0.2, 0.25) is 0 Å². The summed E-state index contributed by atoms with van der Waals surface area (Å²) in [5.74, 6) is 0.866. The summed E-state index contributed by atoms with van der Waals surface area (Å²) in [6, 6.07) is 24.7. The number of halogens is 1. The minimum Gasteiger partial charge on any atom is -0.489 e. The first-order valence-corrected chi connectivity index (χ1v) is 11.7. The first-order valence-electron chi connectivity index (χ1n) is 10.5. The average Bonchev–Trinajstić information content (AvgIpc) is 2.78. The summed E-state index contributed by atoms with van der Waals surface area (Å²) in [5.41, 5.74) is 8.67. The molecule has 0 aliphatic rings. The first kappa shape index (κ1) is 22.7. The van der Waals surface area contributed by atoms with Crippen LogP contribution in [0.5, 0.6) is 5.75 Å². The molecule has 0 saturated carbocycles. The Morgan fingerprint density at radius 2 is 1.63 bits per heavy atom. The van der Waals surface area contributed by atoms with Crippen molar-refractivity contribution in [1.29, 1.82) is 0 Å². The van der Waals surface area contributed by atoms with Gasteiger partial charge in [0, 0.05) is 20.4 Å². The summed E-state index contributed by atoms with van der Waals surface area (Å²) in [5, 5.41) is 0.811. The van der Waals surface area contributed by atoms with Crippen LogP contribution in [0, 0.1) is 0 Å². The topological polar surface area (TPSA) is 35.2 Å². The van der Waals surface area contributed by atoms with E-state index in [1.165, 1.54) is 0 Å². The van der Waals surface area contributed by atoms with Crippen molar-refractivity contribution >= 4 is 23.4 Å². The maximum atomic E-state index is 6.58. The van der Waals surface area contributed by atoms with Crippen LogP contribution in [0.2, 0.25) is 5.02 Å². The Labute approximate surface area is 189 Å². The zero-order chi connectivity index (χ0) is 21.4. The van der Waals surface area contributed by atoms with Crippen LogP contribution in [-0.4, -0.2) is 5.54 Å². The zero-order valence-corrected chi connectivity index (χ0v) is 19.3. The van der Waals surface area contributed by atoms with Gasteiger partial charge in [-0.2, -0.15) is 0 Å². The van der Waals surface area contributed by atoms with Crippen LogP contribution in [0.15, 0.2) is 82.6 Å². The molecule has 158 valence electrons. The van der Waals surface area contributed by atoms with Gasteiger partial charge in [0.25, 0.3) is 0 Å². The molecule has 3 aromatic rings. The number of nitrogens with two attached hydrogens (primary N) is 1. The highest BCUT2D eigenvalue weighted by Crippen LogP contribution is 2.33. The highest BCUT2D eigenvalue weighted by atomic mass is 35.5. The summed E-state index contributed by atoms with van der Waals surface area (Å²) in [6.07, 6.45) is 3.83. The van der Waals surface area contributed by atoms with Crippen LogP contribution in [0.1, 0.15) is 44.2 Å². The van der Waals surface area contributed by atoms with E-state index in [4.69, 9.17) is 22.1 Å². The third kappa shape index (κ3) is 6.53. The van der Waals surface area contributed by atoms with Crippen molar-refractivity contribution in [3.63, 3.8) is 0 Å². The Kier molecular flexibility index (Phi) is 8.26. The summed E-state index contributed by atoms with van der Waals surface area (Å²) in [7, 11) is 0. The Morgan fingerprint density at radius 3 is 2.33 bits per heavy atom. The average molecular weight is 440 g/mol. The van der Waals surface area contributed by atoms with E-state index < -0.39 is 0 Å². The van der Waals surface area contributed by atoms with Crippen molar-refractivity contribution in [3.05, 3.63) is 88.9 Å². The summed E-state index contributed by atoms with van der Waals surface area (Å²) >= 11 is 8.27. The SMILES string of the molecule is CCC(N)(CC)CCc1ccc(Sc2cccc(OCc3ccccc3)c2)cc1Cl. The van der Waals surface area contributed by atoms with Crippen LogP contribution >= 0.6 is 23.4 Å². The fraction of sp³-hybridized carbons (Fsp3) is 0.308. The molecule has 0 unspecified atom stereocenters. The Morgan fingerprint density at radius 1 is 0.900 bits per heavy atom. The Hall–Kier alpha value is -1.94. The van der Waals surface area contributed by atoms with E-state index in [-0.39, 0.29) is 5.54 Å². The molecule has 0 aliphatic heterocycles. The zero-order valence-electron chi connectivity index (χ0n) is 17.7. The van der Waals surface area contributed by atoms with Gasteiger partial charge in [0.1, 0.15) is 12.4 Å². The van der Waals surface area contributed by atoms with E-state index in [1.54, 1.807) is 11.8 Å². The van der Waals surface area contributed by atoms with Gasteiger partial charge in [-0.3, -0.25) is 0 Å². The molecule has 0 heterocycles. The second-order valence-electron chi connectivity index (χ2n) is 7.67. The molecule has 0 spiro atoms. The highest BCUT2D eigenvalue weighted by molar-refractivity contribution is 7.99. The highest BCUT2D eigenvalue weighted by Gasteiger charge is 2.20. The van der Waals surface area contributed by atoms with Gasteiger partial charge >= 0.3 is 0 Å². The second kappa shape index (κ2) is 10.9. The van der Waals surface area contributed by atoms with E-state index in [2.05, 4.69) is 56.3 Å². The number of hydrogen-bond acceptors (Lipinski definition) is 3. The fourth-order valence-corrected chi connectivity index (χ4v) is 4.53. The Balaban J connectivity index is 1.61. The second-order valence-corrected chi connectivity index (χ2v) is 9.23. The van der Waals surface area contributed by atoms with E-state index in [1.807, 2.05) is 30.3 Å². The van der Waals surface area contributed by atoms with Crippen LogP contribution in [0.4, 0.5) is 0 Å². The van der Waals surface area contributed by atoms with E-state index in [0.717, 1.165) is 57.4 Å². The molecule has 0 amide bonds. The van der Waals surface area contributed by atoms with Gasteiger partial charge in [-0.25, -0.2) is 0 Å². The number of benzene rings is 3. The normalized spacial score (nSPS) is 11.5. The molecule has 2 nitrogen and oxygen atoms in total. The molecule has 0 radical (unpaired) electrons. The van der Waals surface area contributed by atoms with Crippen LogP contribution in [-0.2, 0) is 13.0 Å². The quantitative estimate of drug-likeness (QED) is 0.354. The van der Waals surface area contributed by atoms with Gasteiger partial charge in [-0.05, 0) is 67.1 Å². The standard InChI is InChI=1S/C26H30ClNOS/c1-3-26(28,4-2)16-15-21-13-14-24(18-25(21)27)30-23-12-8-11-22(17-23)29-19-20-9-6-5-7-10-20/h5-14,17-18H,3-4,15-16,19,28H2,1-2H3. The summed E-state index contributed by atoms with van der Waals surface area (Å²) < 4.78 is 5.95. The molecule has 4 heteroatoms. The molecular formula is C26H30ClNOS. The third-order valence-corrected chi connectivity index (χ3v) is 6.95. The van der Waals surface area contributed by atoms with Crippen LogP contribution in [0.3, 0.4) is 0 Å². The first-order chi connectivity index (χ1) is 14.5.